The summed E-state index contributed by atoms with van der Waals surface area (Å²) in [6.45, 7) is 22.2. The van der Waals surface area contributed by atoms with Gasteiger partial charge in [-0.2, -0.15) is 5.26 Å². The maximum atomic E-state index is 11.2. The summed E-state index contributed by atoms with van der Waals surface area (Å²) in [5.74, 6) is -0.638. The summed E-state index contributed by atoms with van der Waals surface area (Å²) in [6.07, 6.45) is 1.56. The molecule has 5 heteroatoms. The van der Waals surface area contributed by atoms with E-state index < -0.39 is 5.92 Å². The zero-order chi connectivity index (χ0) is 33.3. The minimum absolute atomic E-state index is 0.0160. The van der Waals surface area contributed by atoms with Crippen LogP contribution in [0.2, 0.25) is 0 Å². The Balaban J connectivity index is 2.16. The van der Waals surface area contributed by atoms with Crippen molar-refractivity contribution in [2.24, 2.45) is 22.3 Å². The molecule has 0 radical (unpaired) electrons. The van der Waals surface area contributed by atoms with Gasteiger partial charge in [-0.1, -0.05) is 101 Å². The smallest absolute Gasteiger partial charge is 0.101 e. The van der Waals surface area contributed by atoms with Crippen molar-refractivity contribution in [1.82, 2.24) is 9.97 Å². The molecule has 0 saturated carbocycles. The second-order valence-electron chi connectivity index (χ2n) is 15.0. The quantitative estimate of drug-likeness (QED) is 0.210. The van der Waals surface area contributed by atoms with Gasteiger partial charge in [0, 0.05) is 47.0 Å². The zero-order valence-corrected chi connectivity index (χ0v) is 29.0. The number of aromatic nitrogens is 2. The predicted octanol–water partition coefficient (Wildman–Crippen LogP) is 8.79. The van der Waals surface area contributed by atoms with Gasteiger partial charge in [-0.15, -0.1) is 0 Å². The van der Waals surface area contributed by atoms with Gasteiger partial charge in [0.15, 0.2) is 0 Å². The van der Waals surface area contributed by atoms with Crippen molar-refractivity contribution in [3.8, 4) is 28.3 Å². The third-order valence-electron chi connectivity index (χ3n) is 8.41. The van der Waals surface area contributed by atoms with Gasteiger partial charge in [0.25, 0.3) is 0 Å². The Morgan fingerprint density at radius 3 is 1.22 bits per heavy atom. The molecule has 2 aromatic heterocycles. The van der Waals surface area contributed by atoms with E-state index in [4.69, 9.17) is 21.4 Å². The molecule has 236 valence electrons. The molecule has 4 rings (SSSR count). The van der Waals surface area contributed by atoms with Gasteiger partial charge in [0.2, 0.25) is 0 Å². The Morgan fingerprint density at radius 2 is 0.956 bits per heavy atom. The lowest BCUT2D eigenvalue weighted by Gasteiger charge is -2.29. The average molecular weight is 602 g/mol. The molecular weight excluding hydrogens is 550 g/mol. The summed E-state index contributed by atoms with van der Waals surface area (Å²) < 4.78 is 0. The first-order valence-corrected chi connectivity index (χ1v) is 16.1. The number of hydrogen-bond acceptors (Lipinski definition) is 5. The fraction of sp³-hybridized carbons (Fsp3) is 0.425. The standard InChI is InChI=1S/C40H51N5/c1-24-11-15-28(16-12-24)37-30(21-41)33(19-39(5,6)7)44-26(3)35(37)32(23-43)36-27(4)45-34(20-40(8,9)10)31(22-42)38(36)29-17-13-25(2)14-18-29/h11-18,32H,19-22,41-42H2,1-10H3. The molecule has 4 aromatic rings. The van der Waals surface area contributed by atoms with Crippen molar-refractivity contribution >= 4 is 0 Å². The highest BCUT2D eigenvalue weighted by Crippen LogP contribution is 2.45. The first-order valence-electron chi connectivity index (χ1n) is 16.1. The summed E-state index contributed by atoms with van der Waals surface area (Å²) in [6, 6.07) is 19.8. The summed E-state index contributed by atoms with van der Waals surface area (Å²) in [5.41, 5.74) is 27.1. The first-order chi connectivity index (χ1) is 21.1. The third-order valence-corrected chi connectivity index (χ3v) is 8.41. The molecule has 0 atom stereocenters. The molecule has 0 bridgehead atoms. The number of rotatable bonds is 8. The number of pyridine rings is 2. The molecule has 45 heavy (non-hydrogen) atoms. The maximum Gasteiger partial charge on any atom is 0.101 e. The van der Waals surface area contributed by atoms with Crippen molar-refractivity contribution in [3.63, 3.8) is 0 Å². The topological polar surface area (TPSA) is 102 Å². The second kappa shape index (κ2) is 13.3. The Kier molecular flexibility index (Phi) is 10.0. The molecule has 2 heterocycles. The highest BCUT2D eigenvalue weighted by Gasteiger charge is 2.32. The van der Waals surface area contributed by atoms with E-state index in [1.807, 2.05) is 13.8 Å². The Bertz CT molecular complexity index is 1590. The van der Waals surface area contributed by atoms with E-state index in [0.29, 0.717) is 13.1 Å². The number of benzene rings is 2. The van der Waals surface area contributed by atoms with Crippen molar-refractivity contribution in [2.75, 3.05) is 0 Å². The van der Waals surface area contributed by atoms with Crippen LogP contribution in [0.3, 0.4) is 0 Å². The van der Waals surface area contributed by atoms with Crippen LogP contribution in [0.4, 0.5) is 0 Å². The van der Waals surface area contributed by atoms with E-state index >= 15 is 0 Å². The van der Waals surface area contributed by atoms with Crippen LogP contribution in [0.1, 0.15) is 104 Å². The molecule has 0 spiro atoms. The summed E-state index contributed by atoms with van der Waals surface area (Å²) in [5, 5.41) is 11.2. The largest absolute Gasteiger partial charge is 0.326 e. The summed E-state index contributed by atoms with van der Waals surface area (Å²) in [7, 11) is 0. The average Bonchev–Trinajstić information content (AvgIpc) is 2.94. The second-order valence-corrected chi connectivity index (χ2v) is 15.0. The number of hydrogen-bond donors (Lipinski definition) is 2. The van der Waals surface area contributed by atoms with Gasteiger partial charge in [0.05, 0.1) is 6.07 Å². The lowest BCUT2D eigenvalue weighted by molar-refractivity contribution is 0.404. The van der Waals surface area contributed by atoms with Crippen LogP contribution in [-0.4, -0.2) is 9.97 Å². The molecule has 0 aliphatic carbocycles. The molecule has 2 aromatic carbocycles. The monoisotopic (exact) mass is 601 g/mol. The van der Waals surface area contributed by atoms with E-state index in [9.17, 15) is 5.26 Å². The lowest BCUT2D eigenvalue weighted by atomic mass is 9.77. The molecular formula is C40H51N5. The third kappa shape index (κ3) is 7.52. The fourth-order valence-corrected chi connectivity index (χ4v) is 6.45. The Labute approximate surface area is 271 Å². The number of aryl methyl sites for hydroxylation is 4. The van der Waals surface area contributed by atoms with Gasteiger partial charge in [0.1, 0.15) is 5.92 Å². The van der Waals surface area contributed by atoms with Crippen LogP contribution in [0, 0.1) is 49.9 Å². The molecule has 0 aliphatic rings. The molecule has 0 fully saturated rings. The Morgan fingerprint density at radius 1 is 0.622 bits per heavy atom. The van der Waals surface area contributed by atoms with Crippen LogP contribution in [0.25, 0.3) is 22.3 Å². The fourth-order valence-electron chi connectivity index (χ4n) is 6.45. The van der Waals surface area contributed by atoms with Crippen LogP contribution in [-0.2, 0) is 25.9 Å². The number of nitrogens with zero attached hydrogens (tertiary/aromatic N) is 3. The highest BCUT2D eigenvalue weighted by atomic mass is 14.8. The molecule has 4 N–H and O–H groups in total. The number of nitriles is 1. The van der Waals surface area contributed by atoms with E-state index in [1.54, 1.807) is 0 Å². The van der Waals surface area contributed by atoms with Gasteiger partial charge in [-0.05, 0) is 84.7 Å². The minimum atomic E-state index is -0.638. The van der Waals surface area contributed by atoms with Crippen LogP contribution < -0.4 is 11.5 Å². The molecule has 0 amide bonds. The van der Waals surface area contributed by atoms with Crippen molar-refractivity contribution in [1.29, 1.82) is 5.26 Å². The lowest BCUT2D eigenvalue weighted by Crippen LogP contribution is -2.21. The van der Waals surface area contributed by atoms with Gasteiger partial charge >= 0.3 is 0 Å². The van der Waals surface area contributed by atoms with Crippen LogP contribution in [0.15, 0.2) is 48.5 Å². The van der Waals surface area contributed by atoms with E-state index in [-0.39, 0.29) is 10.8 Å². The van der Waals surface area contributed by atoms with Crippen LogP contribution >= 0.6 is 0 Å². The van der Waals surface area contributed by atoms with Crippen molar-refractivity contribution in [2.45, 2.75) is 101 Å². The summed E-state index contributed by atoms with van der Waals surface area (Å²) in [4.78, 5) is 10.4. The van der Waals surface area contributed by atoms with Gasteiger partial charge < -0.3 is 11.5 Å². The normalized spacial score (nSPS) is 12.1. The zero-order valence-electron chi connectivity index (χ0n) is 29.0. The van der Waals surface area contributed by atoms with E-state index in [0.717, 1.165) is 80.1 Å². The molecule has 0 unspecified atom stereocenters. The predicted molar refractivity (Wildman–Crippen MR) is 188 cm³/mol. The number of nitrogens with two attached hydrogens (primary N) is 2. The molecule has 0 aliphatic heterocycles. The highest BCUT2D eigenvalue weighted by molar-refractivity contribution is 5.80. The maximum absolute atomic E-state index is 11.2. The van der Waals surface area contributed by atoms with Crippen LogP contribution in [0.5, 0.6) is 0 Å². The van der Waals surface area contributed by atoms with Gasteiger partial charge in [-0.25, -0.2) is 0 Å². The SMILES string of the molecule is Cc1ccc(-c2c(CN)c(CC(C)(C)C)nc(C)c2C(C#N)c2c(C)nc(CC(C)(C)C)c(CN)c2-c2ccc(C)cc2)cc1. The van der Waals surface area contributed by atoms with Crippen molar-refractivity contribution in [3.05, 3.63) is 105 Å². The van der Waals surface area contributed by atoms with Crippen molar-refractivity contribution < 1.29 is 0 Å². The van der Waals surface area contributed by atoms with E-state index in [2.05, 4.69) is 110 Å². The molecule has 5 nitrogen and oxygen atoms in total. The Hall–Kier alpha value is -3.85. The van der Waals surface area contributed by atoms with E-state index in [1.165, 1.54) is 11.1 Å². The first kappa shape index (κ1) is 34.0. The minimum Gasteiger partial charge on any atom is -0.326 e. The van der Waals surface area contributed by atoms with Gasteiger partial charge in [-0.3, -0.25) is 9.97 Å². The summed E-state index contributed by atoms with van der Waals surface area (Å²) >= 11 is 0. The molecule has 0 saturated heterocycles.